The van der Waals surface area contributed by atoms with Crippen LogP contribution >= 0.6 is 11.3 Å². The van der Waals surface area contributed by atoms with Gasteiger partial charge in [-0.1, -0.05) is 24.3 Å². The number of benzene rings is 1. The summed E-state index contributed by atoms with van der Waals surface area (Å²) in [5.74, 6) is 0.0160. The van der Waals surface area contributed by atoms with Gasteiger partial charge < -0.3 is 19.8 Å². The number of H-pyrrole nitrogens is 2. The van der Waals surface area contributed by atoms with Crippen LogP contribution < -0.4 is 15.6 Å². The van der Waals surface area contributed by atoms with Gasteiger partial charge in [-0.15, -0.1) is 11.3 Å². The van der Waals surface area contributed by atoms with E-state index in [9.17, 15) is 14.0 Å². The van der Waals surface area contributed by atoms with Crippen molar-refractivity contribution in [3.8, 4) is 5.75 Å². The van der Waals surface area contributed by atoms with Gasteiger partial charge in [0.1, 0.15) is 5.75 Å². The largest absolute Gasteiger partial charge is 0.463 e. The first-order valence-electron chi connectivity index (χ1n) is 10.9. The molecule has 0 aliphatic carbocycles. The molecular formula is C25H25FN4O4S. The molecule has 35 heavy (non-hydrogen) atoms. The average molecular weight is 497 g/mol. The molecule has 3 heterocycles. The second-order valence-corrected chi connectivity index (χ2v) is 9.01. The fraction of sp³-hybridized carbons (Fsp3) is 0.240. The number of carbonyl (C=O) groups is 1. The molecule has 1 amide bonds. The molecule has 3 aromatic heterocycles. The average Bonchev–Trinajstić information content (AvgIpc) is 3.47. The summed E-state index contributed by atoms with van der Waals surface area (Å²) < 4.78 is 22.9. The molecule has 0 fully saturated rings. The van der Waals surface area contributed by atoms with Gasteiger partial charge in [0.15, 0.2) is 5.69 Å². The van der Waals surface area contributed by atoms with E-state index in [1.54, 1.807) is 55.0 Å². The van der Waals surface area contributed by atoms with Crippen LogP contribution in [0.2, 0.25) is 0 Å². The molecule has 0 spiro atoms. The minimum absolute atomic E-state index is 0.0999. The third-order valence-corrected chi connectivity index (χ3v) is 6.50. The van der Waals surface area contributed by atoms with Gasteiger partial charge in [-0.3, -0.25) is 14.7 Å². The summed E-state index contributed by atoms with van der Waals surface area (Å²) in [5, 5.41) is 9.99. The Labute approximate surface area is 205 Å². The number of thiophene rings is 1. The quantitative estimate of drug-likeness (QED) is 0.293. The molecule has 1 aromatic carbocycles. The third-order valence-electron chi connectivity index (χ3n) is 5.41. The van der Waals surface area contributed by atoms with E-state index >= 15 is 0 Å². The molecule has 0 aliphatic rings. The SMILES string of the molecule is COCc1[nH]nc(C(=O)NCc2ccccc2OCF)c1Cc1ccc(Cc2ccc[nH]c2=O)s1. The van der Waals surface area contributed by atoms with Gasteiger partial charge in [-0.05, 0) is 24.3 Å². The van der Waals surface area contributed by atoms with Gasteiger partial charge >= 0.3 is 0 Å². The summed E-state index contributed by atoms with van der Waals surface area (Å²) in [6, 6.07) is 14.5. The Hall–Kier alpha value is -3.76. The Morgan fingerprint density at radius 2 is 1.86 bits per heavy atom. The molecule has 0 aliphatic heterocycles. The lowest BCUT2D eigenvalue weighted by Crippen LogP contribution is -2.24. The highest BCUT2D eigenvalue weighted by Crippen LogP contribution is 2.25. The lowest BCUT2D eigenvalue weighted by molar-refractivity contribution is 0.0944. The van der Waals surface area contributed by atoms with Gasteiger partial charge in [0, 0.05) is 59.1 Å². The van der Waals surface area contributed by atoms with Crippen LogP contribution in [0.5, 0.6) is 5.75 Å². The summed E-state index contributed by atoms with van der Waals surface area (Å²) >= 11 is 1.58. The lowest BCUT2D eigenvalue weighted by atomic mass is 10.1. The molecule has 3 N–H and O–H groups in total. The molecule has 0 atom stereocenters. The van der Waals surface area contributed by atoms with Crippen molar-refractivity contribution in [3.05, 3.63) is 103 Å². The fourth-order valence-corrected chi connectivity index (χ4v) is 4.77. The van der Waals surface area contributed by atoms with Gasteiger partial charge in [-0.25, -0.2) is 4.39 Å². The number of ether oxygens (including phenoxy) is 2. The molecule has 10 heteroatoms. The number of aromatic nitrogens is 3. The van der Waals surface area contributed by atoms with Gasteiger partial charge in [0.2, 0.25) is 6.86 Å². The minimum atomic E-state index is -0.948. The molecular weight excluding hydrogens is 471 g/mol. The molecule has 0 unspecified atom stereocenters. The van der Waals surface area contributed by atoms with Gasteiger partial charge in [0.05, 0.1) is 12.3 Å². The van der Waals surface area contributed by atoms with E-state index in [1.807, 2.05) is 18.2 Å². The van der Waals surface area contributed by atoms with Crippen LogP contribution in [0.3, 0.4) is 0 Å². The van der Waals surface area contributed by atoms with Gasteiger partial charge in [-0.2, -0.15) is 5.10 Å². The van der Waals surface area contributed by atoms with Crippen LogP contribution in [0.1, 0.15) is 42.6 Å². The van der Waals surface area contributed by atoms with Crippen LogP contribution in [0.25, 0.3) is 0 Å². The Bertz CT molecular complexity index is 1350. The summed E-state index contributed by atoms with van der Waals surface area (Å²) in [6.45, 7) is -0.508. The Kier molecular flexibility index (Phi) is 8.07. The molecule has 8 nitrogen and oxygen atoms in total. The number of nitrogens with one attached hydrogen (secondary N) is 3. The van der Waals surface area contributed by atoms with Gasteiger partial charge in [0.25, 0.3) is 11.5 Å². The summed E-state index contributed by atoms with van der Waals surface area (Å²) in [6.07, 6.45) is 2.63. The van der Waals surface area contributed by atoms with Crippen molar-refractivity contribution in [3.63, 3.8) is 0 Å². The predicted octanol–water partition coefficient (Wildman–Crippen LogP) is 3.72. The Morgan fingerprint density at radius 3 is 2.63 bits per heavy atom. The van der Waals surface area contributed by atoms with Crippen LogP contribution in [-0.4, -0.2) is 35.1 Å². The highest BCUT2D eigenvalue weighted by atomic mass is 32.1. The fourth-order valence-electron chi connectivity index (χ4n) is 3.72. The van der Waals surface area contributed by atoms with Crippen molar-refractivity contribution in [1.82, 2.24) is 20.5 Å². The van der Waals surface area contributed by atoms with E-state index in [-0.39, 0.29) is 30.3 Å². The maximum absolute atomic E-state index is 13.0. The monoisotopic (exact) mass is 496 g/mol. The first-order chi connectivity index (χ1) is 17.1. The normalized spacial score (nSPS) is 10.9. The number of methoxy groups -OCH3 is 1. The maximum atomic E-state index is 13.0. The number of nitrogens with zero attached hydrogens (tertiary/aromatic N) is 1. The highest BCUT2D eigenvalue weighted by Gasteiger charge is 2.21. The zero-order chi connectivity index (χ0) is 24.6. The number of halogens is 1. The number of hydrogen-bond donors (Lipinski definition) is 3. The van der Waals surface area contributed by atoms with Crippen molar-refractivity contribution in [2.75, 3.05) is 14.0 Å². The number of aromatic amines is 2. The number of hydrogen-bond acceptors (Lipinski definition) is 6. The number of rotatable bonds is 11. The van der Waals surface area contributed by atoms with Crippen molar-refractivity contribution >= 4 is 17.2 Å². The summed E-state index contributed by atoms with van der Waals surface area (Å²) in [4.78, 5) is 29.8. The summed E-state index contributed by atoms with van der Waals surface area (Å²) in [5.41, 5.74) is 2.98. The number of amides is 1. The maximum Gasteiger partial charge on any atom is 0.272 e. The first-order valence-corrected chi connectivity index (χ1v) is 11.7. The van der Waals surface area contributed by atoms with E-state index in [4.69, 9.17) is 9.47 Å². The van der Waals surface area contributed by atoms with Crippen LogP contribution in [0.4, 0.5) is 4.39 Å². The standard InChI is InChI=1S/C25H25FN4O4S/c1-33-14-21-20(12-19-9-8-18(35-19)11-16-6-4-10-27-24(16)31)23(30-29-21)25(32)28-13-17-5-2-3-7-22(17)34-15-26/h2-10H,11-15H2,1H3,(H,27,31)(H,28,32)(H,29,30). The number of carbonyl (C=O) groups excluding carboxylic acids is 1. The number of alkyl halides is 1. The molecule has 0 bridgehead atoms. The molecule has 4 aromatic rings. The van der Waals surface area contributed by atoms with E-state index in [0.717, 1.165) is 15.3 Å². The molecule has 0 saturated heterocycles. The van der Waals surface area contributed by atoms with Crippen LogP contribution in [0, 0.1) is 0 Å². The second-order valence-electron chi connectivity index (χ2n) is 7.75. The lowest BCUT2D eigenvalue weighted by Gasteiger charge is -2.10. The van der Waals surface area contributed by atoms with Crippen LogP contribution in [-0.2, 0) is 30.7 Å². The zero-order valence-corrected chi connectivity index (χ0v) is 19.9. The number of pyridine rings is 1. The van der Waals surface area contributed by atoms with Crippen molar-refractivity contribution in [2.24, 2.45) is 0 Å². The minimum Gasteiger partial charge on any atom is -0.463 e. The predicted molar refractivity (Wildman–Crippen MR) is 131 cm³/mol. The molecule has 182 valence electrons. The van der Waals surface area contributed by atoms with Crippen molar-refractivity contribution in [1.29, 1.82) is 0 Å². The highest BCUT2D eigenvalue weighted by molar-refractivity contribution is 7.12. The van der Waals surface area contributed by atoms with E-state index in [1.165, 1.54) is 0 Å². The van der Waals surface area contributed by atoms with Crippen LogP contribution in [0.15, 0.2) is 59.5 Å². The second kappa shape index (κ2) is 11.6. The topological polar surface area (TPSA) is 109 Å². The molecule has 4 rings (SSSR count). The zero-order valence-electron chi connectivity index (χ0n) is 19.1. The van der Waals surface area contributed by atoms with Crippen molar-refractivity contribution < 1.29 is 18.7 Å². The number of para-hydroxylation sites is 1. The Balaban J connectivity index is 1.50. The van der Waals surface area contributed by atoms with E-state index in [0.29, 0.717) is 35.4 Å². The van der Waals surface area contributed by atoms with E-state index < -0.39 is 6.86 Å². The molecule has 0 saturated carbocycles. The van der Waals surface area contributed by atoms with Crippen molar-refractivity contribution in [2.45, 2.75) is 26.0 Å². The first kappa shape index (κ1) is 24.4. The summed E-state index contributed by atoms with van der Waals surface area (Å²) in [7, 11) is 1.58. The Morgan fingerprint density at radius 1 is 1.09 bits per heavy atom. The van der Waals surface area contributed by atoms with E-state index in [2.05, 4.69) is 20.5 Å². The smallest absolute Gasteiger partial charge is 0.272 e. The molecule has 0 radical (unpaired) electrons. The third kappa shape index (κ3) is 6.03.